The van der Waals surface area contributed by atoms with Crippen LogP contribution >= 0.6 is 11.3 Å². The Bertz CT molecular complexity index is 3370. The molecule has 1 nitrogen and oxygen atoms in total. The van der Waals surface area contributed by atoms with Crippen LogP contribution in [-0.2, 0) is 16.2 Å². The van der Waals surface area contributed by atoms with Gasteiger partial charge in [-0.05, 0) is 114 Å². The lowest BCUT2D eigenvalue weighted by Gasteiger charge is -2.37. The van der Waals surface area contributed by atoms with Crippen LogP contribution in [-0.4, -0.2) is 0 Å². The smallest absolute Gasteiger partial charge is 0.0543 e. The number of thiophene rings is 1. The lowest BCUT2D eigenvalue weighted by molar-refractivity contribution is 0.406. The molecule has 8 aromatic carbocycles. The highest BCUT2D eigenvalue weighted by Gasteiger charge is 2.44. The van der Waals surface area contributed by atoms with Crippen LogP contribution in [0.25, 0.3) is 70.3 Å². The fraction of sp³-hybridized carbons (Fsp3) is 0.200. The van der Waals surface area contributed by atoms with E-state index >= 15 is 0 Å². The fourth-order valence-corrected chi connectivity index (χ4v) is 12.2. The number of rotatable bonds is 7. The van der Waals surface area contributed by atoms with Gasteiger partial charge in [0, 0.05) is 42.7 Å². The van der Waals surface area contributed by atoms with Crippen molar-refractivity contribution in [3.63, 3.8) is 0 Å². The second-order valence-corrected chi connectivity index (χ2v) is 22.4. The van der Waals surface area contributed by atoms with Crippen molar-refractivity contribution in [3.05, 3.63) is 222 Å². The minimum atomic E-state index is -0.0140. The first kappa shape index (κ1) is 42.9. The Labute approximate surface area is 401 Å². The third-order valence-electron chi connectivity index (χ3n) is 14.7. The van der Waals surface area contributed by atoms with Gasteiger partial charge < -0.3 is 4.90 Å². The van der Waals surface area contributed by atoms with Gasteiger partial charge >= 0.3 is 0 Å². The van der Waals surface area contributed by atoms with E-state index < -0.39 is 0 Å². The minimum Gasteiger partial charge on any atom is -0.314 e. The molecule has 2 aliphatic rings. The Balaban J connectivity index is 1.14. The largest absolute Gasteiger partial charge is 0.314 e. The second-order valence-electron chi connectivity index (χ2n) is 21.4. The van der Waals surface area contributed by atoms with Gasteiger partial charge in [0.1, 0.15) is 0 Å². The zero-order valence-corrected chi connectivity index (χ0v) is 40.9. The van der Waals surface area contributed by atoms with E-state index in [0.29, 0.717) is 5.92 Å². The zero-order valence-electron chi connectivity index (χ0n) is 40.1. The van der Waals surface area contributed by atoms with Gasteiger partial charge in [0.25, 0.3) is 0 Å². The van der Waals surface area contributed by atoms with Crippen molar-refractivity contribution in [1.82, 2.24) is 0 Å². The summed E-state index contributed by atoms with van der Waals surface area (Å²) in [7, 11) is 0. The summed E-state index contributed by atoms with van der Waals surface area (Å²) in [4.78, 5) is 2.59. The molecule has 0 fully saturated rings. The molecule has 11 rings (SSSR count). The van der Waals surface area contributed by atoms with Crippen molar-refractivity contribution in [2.24, 2.45) is 5.92 Å². The Morgan fingerprint density at radius 2 is 1.00 bits per heavy atom. The van der Waals surface area contributed by atoms with Gasteiger partial charge in [-0.3, -0.25) is 0 Å². The molecule has 0 aliphatic heterocycles. The third kappa shape index (κ3) is 7.57. The van der Waals surface area contributed by atoms with Crippen molar-refractivity contribution >= 4 is 48.5 Å². The average molecular weight is 886 g/mol. The molecule has 0 saturated heterocycles. The average Bonchev–Trinajstić information content (AvgIpc) is 3.84. The van der Waals surface area contributed by atoms with E-state index in [0.717, 1.165) is 12.1 Å². The summed E-state index contributed by atoms with van der Waals surface area (Å²) in [6.45, 7) is 18.9. The van der Waals surface area contributed by atoms with Gasteiger partial charge in [-0.2, -0.15) is 0 Å². The highest BCUT2D eigenvalue weighted by molar-refractivity contribution is 7.26. The molecule has 67 heavy (non-hydrogen) atoms. The number of fused-ring (bicyclic) bond motifs is 6. The predicted octanol–water partition coefficient (Wildman–Crippen LogP) is 18.7. The van der Waals surface area contributed by atoms with E-state index in [-0.39, 0.29) is 16.2 Å². The van der Waals surface area contributed by atoms with Crippen LogP contribution in [0.4, 0.5) is 11.4 Å². The monoisotopic (exact) mass is 885 g/mol. The molecule has 0 amide bonds. The number of hydrogen-bond acceptors (Lipinski definition) is 2. The maximum Gasteiger partial charge on any atom is 0.0543 e. The SMILES string of the molecule is CC(C)(C)c1cc(-c2cccc3c2sc2c(-c4ccc(-c5ccccc5)cc4N(C4=CC=C5c6ccccc6C(C)(C)C5C4)c4ccc(-c5ccccc5)cc4)cccc23)cc(C(C)(C)C)c1. The Morgan fingerprint density at radius 3 is 1.64 bits per heavy atom. The zero-order chi connectivity index (χ0) is 46.2. The normalized spacial score (nSPS) is 15.6. The molecular formula is C65H59NS. The summed E-state index contributed by atoms with van der Waals surface area (Å²) in [5.74, 6) is 0.344. The molecule has 0 spiro atoms. The molecule has 9 aromatic rings. The summed E-state index contributed by atoms with van der Waals surface area (Å²) in [6, 6.07) is 68.3. The molecule has 1 aromatic heterocycles. The molecule has 0 radical (unpaired) electrons. The van der Waals surface area contributed by atoms with E-state index in [2.05, 4.69) is 254 Å². The van der Waals surface area contributed by atoms with E-state index in [4.69, 9.17) is 0 Å². The quantitative estimate of drug-likeness (QED) is 0.154. The van der Waals surface area contributed by atoms with Crippen LogP contribution in [0, 0.1) is 5.92 Å². The Morgan fingerprint density at radius 1 is 0.463 bits per heavy atom. The molecule has 0 saturated carbocycles. The second kappa shape index (κ2) is 16.2. The summed E-state index contributed by atoms with van der Waals surface area (Å²) in [5.41, 5.74) is 20.6. The lowest BCUT2D eigenvalue weighted by Crippen LogP contribution is -2.29. The number of anilines is 2. The van der Waals surface area contributed by atoms with E-state index in [1.165, 1.54) is 104 Å². The van der Waals surface area contributed by atoms with E-state index in [9.17, 15) is 0 Å². The van der Waals surface area contributed by atoms with Gasteiger partial charge in [-0.15, -0.1) is 11.3 Å². The van der Waals surface area contributed by atoms with E-state index in [1.807, 2.05) is 11.3 Å². The first-order valence-corrected chi connectivity index (χ1v) is 24.8. The first-order chi connectivity index (χ1) is 32.2. The van der Waals surface area contributed by atoms with Crippen LogP contribution in [0.15, 0.2) is 200 Å². The number of benzene rings is 8. The molecule has 330 valence electrons. The fourth-order valence-electron chi connectivity index (χ4n) is 10.8. The van der Waals surface area contributed by atoms with Gasteiger partial charge in [0.2, 0.25) is 0 Å². The van der Waals surface area contributed by atoms with Crippen molar-refractivity contribution in [2.75, 3.05) is 4.90 Å². The molecule has 1 heterocycles. The first-order valence-electron chi connectivity index (χ1n) is 24.0. The van der Waals surface area contributed by atoms with Crippen LogP contribution in [0.5, 0.6) is 0 Å². The van der Waals surface area contributed by atoms with Crippen molar-refractivity contribution in [3.8, 4) is 44.5 Å². The van der Waals surface area contributed by atoms with Crippen LogP contribution in [0.2, 0.25) is 0 Å². The number of allylic oxidation sites excluding steroid dienone is 4. The maximum atomic E-state index is 2.59. The van der Waals surface area contributed by atoms with Gasteiger partial charge in [0.15, 0.2) is 0 Å². The van der Waals surface area contributed by atoms with E-state index in [1.54, 1.807) is 0 Å². The molecular weight excluding hydrogens is 827 g/mol. The van der Waals surface area contributed by atoms with Gasteiger partial charge in [-0.25, -0.2) is 0 Å². The molecule has 2 aliphatic carbocycles. The van der Waals surface area contributed by atoms with Crippen molar-refractivity contribution in [1.29, 1.82) is 0 Å². The third-order valence-corrected chi connectivity index (χ3v) is 16.0. The molecule has 0 bridgehead atoms. The van der Waals surface area contributed by atoms with Gasteiger partial charge in [-0.1, -0.05) is 225 Å². The highest BCUT2D eigenvalue weighted by atomic mass is 32.1. The topological polar surface area (TPSA) is 3.24 Å². The van der Waals surface area contributed by atoms with Crippen LogP contribution in [0.1, 0.15) is 84.1 Å². The summed E-state index contributed by atoms with van der Waals surface area (Å²) in [5, 5.41) is 2.61. The van der Waals surface area contributed by atoms with Crippen molar-refractivity contribution < 1.29 is 0 Å². The predicted molar refractivity (Wildman–Crippen MR) is 291 cm³/mol. The Kier molecular flexibility index (Phi) is 10.4. The van der Waals surface area contributed by atoms with Crippen LogP contribution in [0.3, 0.4) is 0 Å². The summed E-state index contributed by atoms with van der Waals surface area (Å²) >= 11 is 1.95. The summed E-state index contributed by atoms with van der Waals surface area (Å²) in [6.07, 6.45) is 5.76. The molecule has 0 N–H and O–H groups in total. The standard InChI is InChI=1S/C65H59NS/c1-63(2,3)47-37-46(38-48(40-47)64(4,5)6)51-24-17-26-56-57-27-18-25-55(62(57)67-61(51)56)54-35-31-45(43-21-13-10-14-22-43)39-60(54)66(49-32-29-44(30-33-49)42-19-11-9-12-20-42)50-34-36-53-52-23-15-16-28-58(52)65(7,8)59(53)41-50/h9-40,59H,41H2,1-8H3. The highest BCUT2D eigenvalue weighted by Crippen LogP contribution is 2.56. The minimum absolute atomic E-state index is 0.0140. The molecule has 2 heteroatoms. The lowest BCUT2D eigenvalue weighted by atomic mass is 9.73. The summed E-state index contributed by atoms with van der Waals surface area (Å²) < 4.78 is 2.65. The van der Waals surface area contributed by atoms with Crippen molar-refractivity contribution in [2.45, 2.75) is 78.1 Å². The Hall–Kier alpha value is -6.74. The number of nitrogens with zero attached hydrogens (tertiary/aromatic N) is 1. The maximum absolute atomic E-state index is 2.59. The van der Waals surface area contributed by atoms with Gasteiger partial charge in [0.05, 0.1) is 5.69 Å². The van der Waals surface area contributed by atoms with Crippen LogP contribution < -0.4 is 4.90 Å². The molecule has 1 atom stereocenters. The molecule has 1 unspecified atom stereocenters. The number of hydrogen-bond donors (Lipinski definition) is 0.